The van der Waals surface area contributed by atoms with Crippen molar-refractivity contribution in [2.45, 2.75) is 13.8 Å². The van der Waals surface area contributed by atoms with Crippen LogP contribution in [0, 0.1) is 13.8 Å². The van der Waals surface area contributed by atoms with Gasteiger partial charge in [-0.1, -0.05) is 23.2 Å². The van der Waals surface area contributed by atoms with E-state index in [0.717, 1.165) is 5.56 Å². The highest BCUT2D eigenvalue weighted by Crippen LogP contribution is 2.27. The molecule has 2 rings (SSSR count). The minimum atomic E-state index is -0.278. The molecule has 0 bridgehead atoms. The number of halogens is 2. The zero-order chi connectivity index (χ0) is 14.2. The molecule has 19 heavy (non-hydrogen) atoms. The third-order valence-corrected chi connectivity index (χ3v) is 3.10. The molecule has 2 aromatic rings. The fraction of sp³-hybridized carbons (Fsp3) is 0.250. The normalized spacial score (nSPS) is 10.6. The Morgan fingerprint density at radius 3 is 2.58 bits per heavy atom. The maximum absolute atomic E-state index is 12.2. The zero-order valence-corrected chi connectivity index (χ0v) is 12.2. The predicted molar refractivity (Wildman–Crippen MR) is 74.9 cm³/mol. The Hall–Kier alpha value is -1.59. The summed E-state index contributed by atoms with van der Waals surface area (Å²) < 4.78 is 1.58. The average Bonchev–Trinajstić information content (AvgIpc) is 2.62. The Kier molecular flexibility index (Phi) is 3.78. The molecule has 100 valence electrons. The fourth-order valence-corrected chi connectivity index (χ4v) is 2.33. The van der Waals surface area contributed by atoms with Gasteiger partial charge in [0, 0.05) is 13.2 Å². The van der Waals surface area contributed by atoms with Crippen LogP contribution in [0.4, 0.5) is 5.69 Å². The van der Waals surface area contributed by atoms with E-state index in [4.69, 9.17) is 23.2 Å². The Balaban J connectivity index is 2.32. The van der Waals surface area contributed by atoms with Gasteiger partial charge in [-0.05, 0) is 25.5 Å². The van der Waals surface area contributed by atoms with Crippen LogP contribution in [0.3, 0.4) is 0 Å². The molecule has 0 aliphatic heterocycles. The molecule has 5 nitrogen and oxygen atoms in total. The quantitative estimate of drug-likeness (QED) is 0.867. The molecule has 2 aromatic heterocycles. The first-order valence-corrected chi connectivity index (χ1v) is 6.28. The van der Waals surface area contributed by atoms with Crippen LogP contribution in [0.2, 0.25) is 10.3 Å². The second-order valence-electron chi connectivity index (χ2n) is 4.18. The van der Waals surface area contributed by atoms with Crippen LogP contribution < -0.4 is 5.32 Å². The van der Waals surface area contributed by atoms with Crippen molar-refractivity contribution in [1.29, 1.82) is 0 Å². The van der Waals surface area contributed by atoms with Crippen LogP contribution in [-0.4, -0.2) is 20.7 Å². The highest BCUT2D eigenvalue weighted by Gasteiger charge is 2.16. The number of pyridine rings is 1. The van der Waals surface area contributed by atoms with E-state index in [1.54, 1.807) is 37.8 Å². The number of hydrogen-bond donors (Lipinski definition) is 1. The van der Waals surface area contributed by atoms with Crippen LogP contribution in [0.5, 0.6) is 0 Å². The van der Waals surface area contributed by atoms with Crippen molar-refractivity contribution in [2.24, 2.45) is 7.05 Å². The number of carbonyl (C=O) groups excluding carboxylic acids is 1. The van der Waals surface area contributed by atoms with Crippen LogP contribution in [0.25, 0.3) is 0 Å². The van der Waals surface area contributed by atoms with E-state index in [1.165, 1.54) is 0 Å². The van der Waals surface area contributed by atoms with Gasteiger partial charge in [0.1, 0.15) is 5.15 Å². The molecule has 1 amide bonds. The van der Waals surface area contributed by atoms with Crippen LogP contribution in [0.15, 0.2) is 12.3 Å². The van der Waals surface area contributed by atoms with Crippen LogP contribution in [0.1, 0.15) is 21.6 Å². The van der Waals surface area contributed by atoms with Crippen LogP contribution >= 0.6 is 23.2 Å². The zero-order valence-electron chi connectivity index (χ0n) is 10.7. The molecule has 0 saturated heterocycles. The van der Waals surface area contributed by atoms with Crippen molar-refractivity contribution in [3.8, 4) is 0 Å². The number of anilines is 1. The van der Waals surface area contributed by atoms with Gasteiger partial charge in [0.25, 0.3) is 5.91 Å². The molecule has 0 unspecified atom stereocenters. The van der Waals surface area contributed by atoms with E-state index in [2.05, 4.69) is 15.4 Å². The molecule has 7 heteroatoms. The first-order valence-electron chi connectivity index (χ1n) is 5.52. The molecule has 0 radical (unpaired) electrons. The van der Waals surface area contributed by atoms with Crippen molar-refractivity contribution >= 4 is 34.8 Å². The summed E-state index contributed by atoms with van der Waals surface area (Å²) >= 11 is 11.8. The van der Waals surface area contributed by atoms with Gasteiger partial charge in [-0.3, -0.25) is 9.48 Å². The van der Waals surface area contributed by atoms with Gasteiger partial charge in [-0.2, -0.15) is 5.10 Å². The van der Waals surface area contributed by atoms with Crippen molar-refractivity contribution < 1.29 is 4.79 Å². The Labute approximate surface area is 120 Å². The van der Waals surface area contributed by atoms with Gasteiger partial charge >= 0.3 is 0 Å². The smallest absolute Gasteiger partial charge is 0.259 e. The Bertz CT molecular complexity index is 628. The standard InChI is InChI=1S/C12H12Cl2N4O/c1-6-4-9(13)15-11(14)10(6)16-12(19)8-5-18(3)17-7(8)2/h4-5H,1-3H3,(H,16,19). The number of rotatable bonds is 2. The van der Waals surface area contributed by atoms with E-state index in [1.807, 2.05) is 0 Å². The van der Waals surface area contributed by atoms with Gasteiger partial charge in [0.15, 0.2) is 5.15 Å². The third kappa shape index (κ3) is 2.88. The molecule has 2 heterocycles. The average molecular weight is 299 g/mol. The topological polar surface area (TPSA) is 59.8 Å². The highest BCUT2D eigenvalue weighted by atomic mass is 35.5. The molecule has 0 saturated carbocycles. The van der Waals surface area contributed by atoms with E-state index in [9.17, 15) is 4.79 Å². The molecular weight excluding hydrogens is 287 g/mol. The second-order valence-corrected chi connectivity index (χ2v) is 4.93. The van der Waals surface area contributed by atoms with Crippen molar-refractivity contribution in [1.82, 2.24) is 14.8 Å². The lowest BCUT2D eigenvalue weighted by Gasteiger charge is -2.09. The minimum Gasteiger partial charge on any atom is -0.319 e. The number of aryl methyl sites for hydroxylation is 3. The predicted octanol–water partition coefficient (Wildman–Crippen LogP) is 2.99. The molecule has 0 aliphatic carbocycles. The number of nitrogens with zero attached hydrogens (tertiary/aromatic N) is 3. The fourth-order valence-electron chi connectivity index (χ4n) is 1.75. The largest absolute Gasteiger partial charge is 0.319 e. The maximum atomic E-state index is 12.2. The molecule has 0 aliphatic rings. The van der Waals surface area contributed by atoms with Gasteiger partial charge in [0.05, 0.1) is 16.9 Å². The Morgan fingerprint density at radius 2 is 2.05 bits per heavy atom. The Morgan fingerprint density at radius 1 is 1.37 bits per heavy atom. The molecular formula is C12H12Cl2N4O. The number of nitrogens with one attached hydrogen (secondary N) is 1. The highest BCUT2D eigenvalue weighted by molar-refractivity contribution is 6.35. The lowest BCUT2D eigenvalue weighted by Crippen LogP contribution is -2.14. The summed E-state index contributed by atoms with van der Waals surface area (Å²) in [6.45, 7) is 3.56. The number of carbonyl (C=O) groups is 1. The van der Waals surface area contributed by atoms with Gasteiger partial charge in [-0.15, -0.1) is 0 Å². The third-order valence-electron chi connectivity index (χ3n) is 2.64. The molecule has 0 fully saturated rings. The van der Waals surface area contributed by atoms with Crippen molar-refractivity contribution in [3.63, 3.8) is 0 Å². The summed E-state index contributed by atoms with van der Waals surface area (Å²) in [7, 11) is 1.76. The van der Waals surface area contributed by atoms with Gasteiger partial charge in [-0.25, -0.2) is 4.98 Å². The lowest BCUT2D eigenvalue weighted by atomic mass is 10.2. The summed E-state index contributed by atoms with van der Waals surface area (Å²) in [5.41, 5.74) is 2.35. The van der Waals surface area contributed by atoms with E-state index in [0.29, 0.717) is 16.9 Å². The first-order chi connectivity index (χ1) is 8.88. The van der Waals surface area contributed by atoms with Gasteiger partial charge < -0.3 is 5.32 Å². The summed E-state index contributed by atoms with van der Waals surface area (Å²) in [6.07, 6.45) is 1.65. The number of amides is 1. The van der Waals surface area contributed by atoms with E-state index in [-0.39, 0.29) is 16.2 Å². The molecule has 0 spiro atoms. The molecule has 0 aromatic carbocycles. The monoisotopic (exact) mass is 298 g/mol. The number of hydrogen-bond acceptors (Lipinski definition) is 3. The summed E-state index contributed by atoms with van der Waals surface area (Å²) in [6, 6.07) is 1.64. The maximum Gasteiger partial charge on any atom is 0.259 e. The first kappa shape index (κ1) is 13.8. The molecule has 1 N–H and O–H groups in total. The van der Waals surface area contributed by atoms with Crippen molar-refractivity contribution in [2.75, 3.05) is 5.32 Å². The lowest BCUT2D eigenvalue weighted by molar-refractivity contribution is 0.102. The van der Waals surface area contributed by atoms with Gasteiger partial charge in [0.2, 0.25) is 0 Å². The summed E-state index contributed by atoms with van der Waals surface area (Å²) in [4.78, 5) is 16.1. The van der Waals surface area contributed by atoms with Crippen molar-refractivity contribution in [3.05, 3.63) is 39.4 Å². The van der Waals surface area contributed by atoms with Crippen LogP contribution in [-0.2, 0) is 7.05 Å². The second kappa shape index (κ2) is 5.19. The summed E-state index contributed by atoms with van der Waals surface area (Å²) in [5.74, 6) is -0.278. The van der Waals surface area contributed by atoms with E-state index >= 15 is 0 Å². The minimum absolute atomic E-state index is 0.167. The molecule has 0 atom stereocenters. The SMILES string of the molecule is Cc1cc(Cl)nc(Cl)c1NC(=O)c1cn(C)nc1C. The number of aromatic nitrogens is 3. The summed E-state index contributed by atoms with van der Waals surface area (Å²) in [5, 5.41) is 7.31. The van der Waals surface area contributed by atoms with E-state index < -0.39 is 0 Å².